The third-order valence-electron chi connectivity index (χ3n) is 3.25. The van der Waals surface area contributed by atoms with Crippen LogP contribution in [0.1, 0.15) is 26.3 Å². The Morgan fingerprint density at radius 1 is 1.00 bits per heavy atom. The zero-order valence-electron chi connectivity index (χ0n) is 10.4. The SMILES string of the molecule is COC(=O)c1cc(Br)cc2c1-c1ccc(Br)cc1C2=O. The van der Waals surface area contributed by atoms with Crippen LogP contribution in [0.5, 0.6) is 0 Å². The highest BCUT2D eigenvalue weighted by Gasteiger charge is 2.31. The van der Waals surface area contributed by atoms with Crippen LogP contribution in [0, 0.1) is 0 Å². The van der Waals surface area contributed by atoms with Crippen LogP contribution in [0.2, 0.25) is 0 Å². The second-order valence-corrected chi connectivity index (χ2v) is 6.22. The Hall–Kier alpha value is -1.46. The molecule has 0 heterocycles. The molecule has 20 heavy (non-hydrogen) atoms. The third-order valence-corrected chi connectivity index (χ3v) is 4.20. The molecular formula is C15H8Br2O3. The monoisotopic (exact) mass is 394 g/mol. The van der Waals surface area contributed by atoms with Crippen molar-refractivity contribution in [2.24, 2.45) is 0 Å². The Labute approximate surface area is 132 Å². The van der Waals surface area contributed by atoms with E-state index in [4.69, 9.17) is 4.74 Å². The molecule has 2 aromatic carbocycles. The maximum Gasteiger partial charge on any atom is 0.338 e. The van der Waals surface area contributed by atoms with Crippen molar-refractivity contribution < 1.29 is 14.3 Å². The molecule has 0 bridgehead atoms. The van der Waals surface area contributed by atoms with E-state index >= 15 is 0 Å². The Kier molecular flexibility index (Phi) is 3.26. The maximum atomic E-state index is 12.5. The molecule has 0 radical (unpaired) electrons. The lowest BCUT2D eigenvalue weighted by atomic mass is 9.99. The minimum absolute atomic E-state index is 0.0808. The topological polar surface area (TPSA) is 43.4 Å². The van der Waals surface area contributed by atoms with Crippen LogP contribution in [0.15, 0.2) is 39.3 Å². The molecule has 0 saturated heterocycles. The first-order chi connectivity index (χ1) is 9.52. The first-order valence-corrected chi connectivity index (χ1v) is 7.38. The molecule has 1 aliphatic rings. The lowest BCUT2D eigenvalue weighted by molar-refractivity contribution is 0.0601. The summed E-state index contributed by atoms with van der Waals surface area (Å²) in [5.74, 6) is -0.533. The standard InChI is InChI=1S/C15H8Br2O3/c1-20-15(19)12-6-8(17)5-11-13(12)9-3-2-7(16)4-10(9)14(11)18/h2-6H,1H3. The van der Waals surface area contributed by atoms with Gasteiger partial charge in [0.1, 0.15) is 0 Å². The number of hydrogen-bond donors (Lipinski definition) is 0. The summed E-state index contributed by atoms with van der Waals surface area (Å²) in [6.45, 7) is 0. The number of fused-ring (bicyclic) bond motifs is 3. The number of ether oxygens (including phenoxy) is 1. The van der Waals surface area contributed by atoms with E-state index < -0.39 is 5.97 Å². The Morgan fingerprint density at radius 2 is 1.70 bits per heavy atom. The summed E-state index contributed by atoms with van der Waals surface area (Å²) in [6.07, 6.45) is 0. The van der Waals surface area contributed by atoms with E-state index in [2.05, 4.69) is 31.9 Å². The van der Waals surface area contributed by atoms with E-state index in [9.17, 15) is 9.59 Å². The van der Waals surface area contributed by atoms with Gasteiger partial charge < -0.3 is 4.74 Å². The number of rotatable bonds is 1. The molecule has 5 heteroatoms. The smallest absolute Gasteiger partial charge is 0.338 e. The number of ketones is 1. The predicted molar refractivity (Wildman–Crippen MR) is 82.1 cm³/mol. The molecule has 3 rings (SSSR count). The average molecular weight is 396 g/mol. The van der Waals surface area contributed by atoms with Crippen LogP contribution in [0.3, 0.4) is 0 Å². The van der Waals surface area contributed by atoms with Crippen molar-refractivity contribution in [2.75, 3.05) is 7.11 Å². The van der Waals surface area contributed by atoms with Gasteiger partial charge in [0, 0.05) is 25.6 Å². The highest BCUT2D eigenvalue weighted by molar-refractivity contribution is 9.10. The van der Waals surface area contributed by atoms with E-state index in [0.29, 0.717) is 26.7 Å². The summed E-state index contributed by atoms with van der Waals surface area (Å²) in [5.41, 5.74) is 2.92. The lowest BCUT2D eigenvalue weighted by Gasteiger charge is -2.08. The predicted octanol–water partition coefficient (Wildman–Crippen LogP) is 4.21. The van der Waals surface area contributed by atoms with E-state index in [1.165, 1.54) is 7.11 Å². The van der Waals surface area contributed by atoms with Crippen molar-refractivity contribution in [1.82, 2.24) is 0 Å². The fraction of sp³-hybridized carbons (Fsp3) is 0.0667. The highest BCUT2D eigenvalue weighted by Crippen LogP contribution is 2.41. The molecule has 0 amide bonds. The molecule has 0 fully saturated rings. The molecule has 0 atom stereocenters. The Balaban J connectivity index is 2.37. The minimum atomic E-state index is -0.453. The lowest BCUT2D eigenvalue weighted by Crippen LogP contribution is -2.05. The average Bonchev–Trinajstić information content (AvgIpc) is 2.70. The number of methoxy groups -OCH3 is 1. The van der Waals surface area contributed by atoms with Crippen LogP contribution in [-0.4, -0.2) is 18.9 Å². The highest BCUT2D eigenvalue weighted by atomic mass is 79.9. The largest absolute Gasteiger partial charge is 0.465 e. The number of halogens is 2. The molecule has 1 aliphatic carbocycles. The Bertz CT molecular complexity index is 766. The fourth-order valence-electron chi connectivity index (χ4n) is 2.41. The normalized spacial score (nSPS) is 12.1. The molecule has 100 valence electrons. The van der Waals surface area contributed by atoms with Gasteiger partial charge in [-0.3, -0.25) is 4.79 Å². The van der Waals surface area contributed by atoms with Crippen LogP contribution < -0.4 is 0 Å². The van der Waals surface area contributed by atoms with Gasteiger partial charge in [0.2, 0.25) is 0 Å². The molecule has 0 saturated carbocycles. The van der Waals surface area contributed by atoms with Crippen molar-refractivity contribution in [3.05, 3.63) is 56.0 Å². The number of carbonyl (C=O) groups excluding carboxylic acids is 2. The molecule has 0 aromatic heterocycles. The second-order valence-electron chi connectivity index (χ2n) is 4.39. The van der Waals surface area contributed by atoms with E-state index in [-0.39, 0.29) is 5.78 Å². The van der Waals surface area contributed by atoms with Crippen molar-refractivity contribution in [1.29, 1.82) is 0 Å². The van der Waals surface area contributed by atoms with Gasteiger partial charge in [-0.15, -0.1) is 0 Å². The third kappa shape index (κ3) is 1.93. The number of hydrogen-bond acceptors (Lipinski definition) is 3. The van der Waals surface area contributed by atoms with Gasteiger partial charge >= 0.3 is 5.97 Å². The minimum Gasteiger partial charge on any atom is -0.465 e. The quantitative estimate of drug-likeness (QED) is 0.579. The van der Waals surface area contributed by atoms with Crippen molar-refractivity contribution in [3.8, 4) is 11.1 Å². The van der Waals surface area contributed by atoms with Crippen molar-refractivity contribution in [2.45, 2.75) is 0 Å². The number of carbonyl (C=O) groups is 2. The summed E-state index contributed by atoms with van der Waals surface area (Å²) in [6, 6.07) is 8.87. The van der Waals surface area contributed by atoms with Gasteiger partial charge in [-0.2, -0.15) is 0 Å². The van der Waals surface area contributed by atoms with Crippen LogP contribution in [-0.2, 0) is 4.74 Å². The first kappa shape index (κ1) is 13.5. The molecule has 0 aliphatic heterocycles. The maximum absolute atomic E-state index is 12.5. The summed E-state index contributed by atoms with van der Waals surface area (Å²) >= 11 is 6.69. The van der Waals surface area contributed by atoms with E-state index in [1.807, 2.05) is 12.1 Å². The summed E-state index contributed by atoms with van der Waals surface area (Å²) in [5, 5.41) is 0. The summed E-state index contributed by atoms with van der Waals surface area (Å²) in [4.78, 5) is 24.4. The fourth-order valence-corrected chi connectivity index (χ4v) is 3.23. The van der Waals surface area contributed by atoms with Gasteiger partial charge in [0.15, 0.2) is 5.78 Å². The molecule has 0 N–H and O–H groups in total. The van der Waals surface area contributed by atoms with Crippen LogP contribution >= 0.6 is 31.9 Å². The number of esters is 1. The van der Waals surface area contributed by atoms with E-state index in [1.54, 1.807) is 18.2 Å². The van der Waals surface area contributed by atoms with Gasteiger partial charge in [-0.1, -0.05) is 37.9 Å². The van der Waals surface area contributed by atoms with Crippen molar-refractivity contribution in [3.63, 3.8) is 0 Å². The molecule has 0 unspecified atom stereocenters. The summed E-state index contributed by atoms with van der Waals surface area (Å²) in [7, 11) is 1.33. The summed E-state index contributed by atoms with van der Waals surface area (Å²) < 4.78 is 6.32. The number of benzene rings is 2. The molecule has 0 spiro atoms. The van der Waals surface area contributed by atoms with Gasteiger partial charge in [-0.25, -0.2) is 4.79 Å². The molecule has 3 nitrogen and oxygen atoms in total. The first-order valence-electron chi connectivity index (χ1n) is 5.79. The van der Waals surface area contributed by atoms with Crippen LogP contribution in [0.25, 0.3) is 11.1 Å². The van der Waals surface area contributed by atoms with Gasteiger partial charge in [-0.05, 0) is 29.8 Å². The zero-order chi connectivity index (χ0) is 14.4. The van der Waals surface area contributed by atoms with E-state index in [0.717, 1.165) is 10.0 Å². The van der Waals surface area contributed by atoms with Gasteiger partial charge in [0.25, 0.3) is 0 Å². The molecule has 2 aromatic rings. The second kappa shape index (κ2) is 4.82. The van der Waals surface area contributed by atoms with Crippen molar-refractivity contribution >= 4 is 43.6 Å². The Morgan fingerprint density at radius 3 is 2.40 bits per heavy atom. The van der Waals surface area contributed by atoms with Gasteiger partial charge in [0.05, 0.1) is 12.7 Å². The van der Waals surface area contributed by atoms with Crippen LogP contribution in [0.4, 0.5) is 0 Å². The molecular weight excluding hydrogens is 388 g/mol. The zero-order valence-corrected chi connectivity index (χ0v) is 13.5.